The van der Waals surface area contributed by atoms with Gasteiger partial charge in [-0.25, -0.2) is 0 Å². The monoisotopic (exact) mass is 642 g/mol. The molecule has 0 N–H and O–H groups in total. The van der Waals surface area contributed by atoms with Crippen molar-refractivity contribution in [3.8, 4) is 17.2 Å². The van der Waals surface area contributed by atoms with E-state index in [2.05, 4.69) is 125 Å². The first-order valence-corrected chi connectivity index (χ1v) is 16.3. The summed E-state index contributed by atoms with van der Waals surface area (Å²) in [5.74, 6) is 0.618. The zero-order valence-electron chi connectivity index (χ0n) is 32.5. The molecule has 3 rings (SSSR count). The molecule has 3 aromatic rings. The summed E-state index contributed by atoms with van der Waals surface area (Å²) in [4.78, 5) is 0. The van der Waals surface area contributed by atoms with Crippen LogP contribution in [0.15, 0.2) is 54.6 Å². The SMILES string of the molecule is CC(C)(C)c1cccc(C(C)(C)C)c1[O-].CC(C)(C)c1cccc(C(C)(C)C)c1[O-].CC(C)(C)c1cccc(C(C)(C)C)c1[O-].[Al+3]. The van der Waals surface area contributed by atoms with Crippen molar-refractivity contribution >= 4 is 17.4 Å². The molecule has 46 heavy (non-hydrogen) atoms. The normalized spacial score (nSPS) is 12.7. The van der Waals surface area contributed by atoms with Crippen LogP contribution in [0.25, 0.3) is 0 Å². The molecule has 252 valence electrons. The van der Waals surface area contributed by atoms with Gasteiger partial charge in [-0.1, -0.05) is 213 Å². The molecular weight excluding hydrogens is 579 g/mol. The molecule has 3 aromatic carbocycles. The van der Waals surface area contributed by atoms with E-state index in [-0.39, 0.29) is 67.1 Å². The standard InChI is InChI=1S/3C14H22O.Al/c3*1-13(2,3)10-8-7-9-11(12(10)15)14(4,5)6;/h3*7-9,15H,1-6H3;/q;;;+3/p-3. The Morgan fingerprint density at radius 1 is 0.283 bits per heavy atom. The van der Waals surface area contributed by atoms with Gasteiger partial charge in [-0.2, -0.15) is 0 Å². The van der Waals surface area contributed by atoms with Gasteiger partial charge in [0, 0.05) is 0 Å². The fourth-order valence-corrected chi connectivity index (χ4v) is 5.15. The molecule has 0 unspecified atom stereocenters. The predicted octanol–water partition coefficient (Wildman–Crippen LogP) is 9.68. The van der Waals surface area contributed by atoms with E-state index in [0.717, 1.165) is 33.4 Å². The molecule has 0 atom stereocenters. The van der Waals surface area contributed by atoms with E-state index in [9.17, 15) is 15.3 Å². The molecule has 0 heterocycles. The van der Waals surface area contributed by atoms with Gasteiger partial charge in [0.1, 0.15) is 0 Å². The Bertz CT molecular complexity index is 1140. The van der Waals surface area contributed by atoms with E-state index in [1.807, 2.05) is 54.6 Å². The number of rotatable bonds is 0. The minimum Gasteiger partial charge on any atom is -0.872 e. The second-order valence-corrected chi connectivity index (χ2v) is 18.5. The largest absolute Gasteiger partial charge is 3.00 e. The van der Waals surface area contributed by atoms with Gasteiger partial charge in [0.15, 0.2) is 0 Å². The molecule has 0 aliphatic rings. The van der Waals surface area contributed by atoms with Gasteiger partial charge in [-0.15, -0.1) is 17.2 Å². The van der Waals surface area contributed by atoms with Crippen LogP contribution in [-0.4, -0.2) is 17.4 Å². The molecule has 0 radical (unpaired) electrons. The van der Waals surface area contributed by atoms with Crippen LogP contribution in [-0.2, 0) is 32.5 Å². The fourth-order valence-electron chi connectivity index (χ4n) is 5.15. The average molecular weight is 643 g/mol. The molecule has 0 saturated heterocycles. The van der Waals surface area contributed by atoms with Crippen molar-refractivity contribution in [2.24, 2.45) is 0 Å². The van der Waals surface area contributed by atoms with Gasteiger partial charge >= 0.3 is 17.4 Å². The fraction of sp³-hybridized carbons (Fsp3) is 0.571. The van der Waals surface area contributed by atoms with Gasteiger partial charge in [-0.05, 0) is 32.5 Å². The summed E-state index contributed by atoms with van der Waals surface area (Å²) in [7, 11) is 0. The Balaban J connectivity index is 0.000000653. The van der Waals surface area contributed by atoms with Crippen LogP contribution < -0.4 is 15.3 Å². The summed E-state index contributed by atoms with van der Waals surface area (Å²) in [5.41, 5.74) is 5.05. The van der Waals surface area contributed by atoms with E-state index in [0.29, 0.717) is 0 Å². The van der Waals surface area contributed by atoms with Crippen molar-refractivity contribution in [3.05, 3.63) is 88.0 Å². The molecule has 0 aliphatic heterocycles. The summed E-state index contributed by atoms with van der Waals surface area (Å²) in [6.45, 7) is 37.4. The van der Waals surface area contributed by atoms with Crippen molar-refractivity contribution < 1.29 is 15.3 Å². The molecule has 3 nitrogen and oxygen atoms in total. The summed E-state index contributed by atoms with van der Waals surface area (Å²) >= 11 is 0. The molecule has 0 fully saturated rings. The smallest absolute Gasteiger partial charge is 0.872 e. The average Bonchev–Trinajstić information content (AvgIpc) is 2.81. The Morgan fingerprint density at radius 2 is 0.391 bits per heavy atom. The maximum Gasteiger partial charge on any atom is 3.00 e. The Labute approximate surface area is 294 Å². The third kappa shape index (κ3) is 12.0. The van der Waals surface area contributed by atoms with Gasteiger partial charge in [-0.3, -0.25) is 0 Å². The Morgan fingerprint density at radius 3 is 0.478 bits per heavy atom. The Kier molecular flexibility index (Phi) is 14.4. The minimum absolute atomic E-state index is 0. The number of benzene rings is 3. The van der Waals surface area contributed by atoms with E-state index < -0.39 is 0 Å². The third-order valence-electron chi connectivity index (χ3n) is 7.89. The molecule has 0 bridgehead atoms. The molecule has 0 saturated carbocycles. The molecule has 0 spiro atoms. The number of hydrogen-bond donors (Lipinski definition) is 0. The zero-order valence-corrected chi connectivity index (χ0v) is 33.7. The van der Waals surface area contributed by atoms with Crippen LogP contribution in [0.2, 0.25) is 0 Å². The van der Waals surface area contributed by atoms with Gasteiger partial charge in [0.25, 0.3) is 0 Å². The minimum atomic E-state index is -0.0711. The van der Waals surface area contributed by atoms with Crippen LogP contribution in [0.4, 0.5) is 0 Å². The number of hydrogen-bond acceptors (Lipinski definition) is 3. The molecular formula is C42H63AlO3. The van der Waals surface area contributed by atoms with Crippen molar-refractivity contribution in [2.45, 2.75) is 157 Å². The second kappa shape index (κ2) is 15.2. The van der Waals surface area contributed by atoms with Crippen molar-refractivity contribution in [1.29, 1.82) is 0 Å². The first-order chi connectivity index (χ1) is 19.9. The summed E-state index contributed by atoms with van der Waals surface area (Å²) in [6.07, 6.45) is 0. The third-order valence-corrected chi connectivity index (χ3v) is 7.89. The first kappa shape index (κ1) is 43.6. The van der Waals surface area contributed by atoms with Gasteiger partial charge < -0.3 is 15.3 Å². The topological polar surface area (TPSA) is 69.2 Å². The maximum atomic E-state index is 12.3. The van der Waals surface area contributed by atoms with Crippen molar-refractivity contribution in [1.82, 2.24) is 0 Å². The van der Waals surface area contributed by atoms with Crippen LogP contribution in [0.1, 0.15) is 158 Å². The zero-order chi connectivity index (χ0) is 35.6. The maximum absolute atomic E-state index is 12.3. The summed E-state index contributed by atoms with van der Waals surface area (Å²) in [5, 5.41) is 36.8. The summed E-state index contributed by atoms with van der Waals surface area (Å²) in [6, 6.07) is 17.6. The molecule has 0 aliphatic carbocycles. The molecule has 0 amide bonds. The summed E-state index contributed by atoms with van der Waals surface area (Å²) < 4.78 is 0. The quantitative estimate of drug-likeness (QED) is 0.229. The first-order valence-electron chi connectivity index (χ1n) is 16.3. The van der Waals surface area contributed by atoms with Crippen molar-refractivity contribution in [2.75, 3.05) is 0 Å². The van der Waals surface area contributed by atoms with E-state index in [4.69, 9.17) is 0 Å². The van der Waals surface area contributed by atoms with Gasteiger partial charge in [0.2, 0.25) is 0 Å². The van der Waals surface area contributed by atoms with Crippen LogP contribution in [0.5, 0.6) is 17.2 Å². The van der Waals surface area contributed by atoms with Crippen molar-refractivity contribution in [3.63, 3.8) is 0 Å². The van der Waals surface area contributed by atoms with Crippen LogP contribution >= 0.6 is 0 Å². The molecule has 0 aromatic heterocycles. The van der Waals surface area contributed by atoms with Gasteiger partial charge in [0.05, 0.1) is 0 Å². The van der Waals surface area contributed by atoms with Crippen LogP contribution in [0, 0.1) is 0 Å². The van der Waals surface area contributed by atoms with E-state index in [1.54, 1.807) is 0 Å². The molecule has 4 heteroatoms. The van der Waals surface area contributed by atoms with E-state index >= 15 is 0 Å². The van der Waals surface area contributed by atoms with Crippen LogP contribution in [0.3, 0.4) is 0 Å². The predicted molar refractivity (Wildman–Crippen MR) is 196 cm³/mol. The second-order valence-electron chi connectivity index (χ2n) is 18.5. The Hall–Kier alpha value is -2.41. The van der Waals surface area contributed by atoms with E-state index in [1.165, 1.54) is 0 Å². The number of para-hydroxylation sites is 3.